The van der Waals surface area contributed by atoms with Crippen molar-refractivity contribution < 1.29 is 17.6 Å². The highest BCUT2D eigenvalue weighted by Gasteiger charge is 2.45. The summed E-state index contributed by atoms with van der Waals surface area (Å²) in [5.41, 5.74) is -1.91. The van der Waals surface area contributed by atoms with Crippen LogP contribution in [0.2, 0.25) is 0 Å². The molecule has 0 aromatic carbocycles. The normalized spacial score (nSPS) is 24.4. The van der Waals surface area contributed by atoms with Gasteiger partial charge in [-0.05, 0) is 26.7 Å². The van der Waals surface area contributed by atoms with Crippen molar-refractivity contribution in [2.24, 2.45) is 0 Å². The van der Waals surface area contributed by atoms with Gasteiger partial charge in [0.2, 0.25) is 10.0 Å². The zero-order chi connectivity index (χ0) is 14.3. The van der Waals surface area contributed by atoms with Crippen LogP contribution >= 0.6 is 0 Å². The zero-order valence-electron chi connectivity index (χ0n) is 11.4. The molecule has 0 atom stereocenters. The fourth-order valence-electron chi connectivity index (χ4n) is 2.16. The number of carbonyl (C=O) groups excluding carboxylic acids is 1. The van der Waals surface area contributed by atoms with Crippen LogP contribution in [0, 0.1) is 0 Å². The van der Waals surface area contributed by atoms with E-state index in [1.165, 1.54) is 4.31 Å². The number of amides is 1. The first-order chi connectivity index (χ1) is 8.75. The lowest BCUT2D eigenvalue weighted by atomic mass is 9.93. The molecule has 110 valence electrons. The minimum Gasteiger partial charge on any atom is -0.351 e. The lowest BCUT2D eigenvalue weighted by molar-refractivity contribution is -0.135. The van der Waals surface area contributed by atoms with E-state index in [1.807, 2.05) is 0 Å². The topological polar surface area (TPSA) is 66.5 Å². The molecule has 1 aliphatic carbocycles. The fourth-order valence-corrected chi connectivity index (χ4v) is 3.45. The molecule has 0 bridgehead atoms. The number of hydrogen-bond donors (Lipinski definition) is 1. The Labute approximate surface area is 113 Å². The molecule has 2 fully saturated rings. The van der Waals surface area contributed by atoms with E-state index in [9.17, 15) is 17.6 Å². The van der Waals surface area contributed by atoms with Crippen LogP contribution in [0.1, 0.15) is 39.5 Å². The Hall–Kier alpha value is -0.690. The summed E-state index contributed by atoms with van der Waals surface area (Å²) in [7, 11) is -3.35. The average molecular weight is 292 g/mol. The predicted molar refractivity (Wildman–Crippen MR) is 69.9 cm³/mol. The Morgan fingerprint density at radius 2 is 1.84 bits per heavy atom. The Bertz CT molecular complexity index is 452. The number of halogens is 1. The summed E-state index contributed by atoms with van der Waals surface area (Å²) in [6.45, 7) is 3.36. The van der Waals surface area contributed by atoms with Crippen LogP contribution in [0.15, 0.2) is 0 Å². The van der Waals surface area contributed by atoms with Gasteiger partial charge < -0.3 is 5.32 Å². The van der Waals surface area contributed by atoms with E-state index in [0.717, 1.165) is 12.8 Å². The van der Waals surface area contributed by atoms with Gasteiger partial charge in [-0.1, -0.05) is 0 Å². The first-order valence-electron chi connectivity index (χ1n) is 6.74. The van der Waals surface area contributed by atoms with Crippen molar-refractivity contribution in [3.05, 3.63) is 0 Å². The number of nitrogens with zero attached hydrogens (tertiary/aromatic N) is 1. The smallest absolute Gasteiger partial charge is 0.257 e. The standard InChI is InChI=1S/C12H21FN2O3S/c1-9(2)19(17,18)15-7-5-12(13,6-8-15)11(16)14-10-3-4-10/h9-10H,3-8H2,1-2H3,(H,14,16). The Balaban J connectivity index is 1.96. The number of alkyl halides is 1. The maximum atomic E-state index is 14.5. The fraction of sp³-hybridized carbons (Fsp3) is 0.917. The lowest BCUT2D eigenvalue weighted by Gasteiger charge is -2.35. The monoisotopic (exact) mass is 292 g/mol. The van der Waals surface area contributed by atoms with E-state index in [-0.39, 0.29) is 32.0 Å². The molecule has 1 heterocycles. The molecule has 0 radical (unpaired) electrons. The van der Waals surface area contributed by atoms with Crippen LogP contribution in [-0.4, -0.2) is 48.7 Å². The van der Waals surface area contributed by atoms with Gasteiger partial charge in [-0.15, -0.1) is 0 Å². The molecule has 1 amide bonds. The highest BCUT2D eigenvalue weighted by Crippen LogP contribution is 2.30. The summed E-state index contributed by atoms with van der Waals surface area (Å²) in [4.78, 5) is 11.8. The molecular weight excluding hydrogens is 271 g/mol. The van der Waals surface area contributed by atoms with Crippen LogP contribution in [-0.2, 0) is 14.8 Å². The molecule has 2 aliphatic rings. The minimum absolute atomic E-state index is 0.0580. The molecule has 2 rings (SSSR count). The van der Waals surface area contributed by atoms with Gasteiger partial charge in [0.05, 0.1) is 5.25 Å². The molecule has 19 heavy (non-hydrogen) atoms. The predicted octanol–water partition coefficient (Wildman–Crippen LogP) is 0.807. The SMILES string of the molecule is CC(C)S(=O)(=O)N1CCC(F)(C(=O)NC2CC2)CC1. The van der Waals surface area contributed by atoms with Crippen molar-refractivity contribution >= 4 is 15.9 Å². The third kappa shape index (κ3) is 3.08. The number of rotatable bonds is 4. The van der Waals surface area contributed by atoms with E-state index >= 15 is 0 Å². The summed E-state index contributed by atoms with van der Waals surface area (Å²) >= 11 is 0. The summed E-state index contributed by atoms with van der Waals surface area (Å²) in [5.74, 6) is -0.573. The van der Waals surface area contributed by atoms with Crippen LogP contribution in [0.25, 0.3) is 0 Å². The van der Waals surface area contributed by atoms with Gasteiger partial charge >= 0.3 is 0 Å². The van der Waals surface area contributed by atoms with Crippen molar-refractivity contribution in [1.29, 1.82) is 0 Å². The maximum Gasteiger partial charge on any atom is 0.257 e. The highest BCUT2D eigenvalue weighted by atomic mass is 32.2. The van der Waals surface area contributed by atoms with E-state index < -0.39 is 26.8 Å². The Kier molecular flexibility index (Phi) is 3.88. The summed E-state index contributed by atoms with van der Waals surface area (Å²) < 4.78 is 39.7. The van der Waals surface area contributed by atoms with E-state index in [2.05, 4.69) is 5.32 Å². The van der Waals surface area contributed by atoms with Crippen LogP contribution < -0.4 is 5.32 Å². The Morgan fingerprint density at radius 3 is 2.26 bits per heavy atom. The van der Waals surface area contributed by atoms with Crippen molar-refractivity contribution in [2.75, 3.05) is 13.1 Å². The number of carbonyl (C=O) groups is 1. The first kappa shape index (κ1) is 14.7. The molecule has 0 aromatic rings. The lowest BCUT2D eigenvalue weighted by Crippen LogP contribution is -2.53. The first-order valence-corrected chi connectivity index (χ1v) is 8.25. The average Bonchev–Trinajstić information content (AvgIpc) is 3.13. The molecule has 1 saturated carbocycles. The molecule has 0 aromatic heterocycles. The molecule has 7 heteroatoms. The van der Waals surface area contributed by atoms with Gasteiger partial charge in [0.25, 0.3) is 5.91 Å². The van der Waals surface area contributed by atoms with Gasteiger partial charge in [0.15, 0.2) is 5.67 Å². The molecule has 5 nitrogen and oxygen atoms in total. The third-order valence-corrected chi connectivity index (χ3v) is 6.07. The van der Waals surface area contributed by atoms with Crippen LogP contribution in [0.3, 0.4) is 0 Å². The molecule has 1 N–H and O–H groups in total. The van der Waals surface area contributed by atoms with Gasteiger partial charge in [-0.2, -0.15) is 0 Å². The van der Waals surface area contributed by atoms with E-state index in [4.69, 9.17) is 0 Å². The van der Waals surface area contributed by atoms with Crippen molar-refractivity contribution in [3.8, 4) is 0 Å². The highest BCUT2D eigenvalue weighted by molar-refractivity contribution is 7.89. The van der Waals surface area contributed by atoms with Gasteiger partial charge in [0.1, 0.15) is 0 Å². The maximum absolute atomic E-state index is 14.5. The summed E-state index contributed by atoms with van der Waals surface area (Å²) in [5, 5.41) is 2.14. The minimum atomic E-state index is -3.35. The van der Waals surface area contributed by atoms with Gasteiger partial charge in [0, 0.05) is 32.0 Å². The number of sulfonamides is 1. The van der Waals surface area contributed by atoms with Crippen LogP contribution in [0.5, 0.6) is 0 Å². The number of piperidine rings is 1. The molecule has 0 unspecified atom stereocenters. The summed E-state index contributed by atoms with van der Waals surface area (Å²) in [6, 6.07) is 0.123. The summed E-state index contributed by atoms with van der Waals surface area (Å²) in [6.07, 6.45) is 1.71. The third-order valence-electron chi connectivity index (χ3n) is 3.79. The molecule has 0 spiro atoms. The van der Waals surface area contributed by atoms with E-state index in [0.29, 0.717) is 0 Å². The molecule has 1 aliphatic heterocycles. The second kappa shape index (κ2) is 5.01. The molecular formula is C12H21FN2O3S. The second-order valence-corrected chi connectivity index (χ2v) is 8.19. The van der Waals surface area contributed by atoms with Crippen molar-refractivity contribution in [1.82, 2.24) is 9.62 Å². The van der Waals surface area contributed by atoms with Crippen molar-refractivity contribution in [3.63, 3.8) is 0 Å². The number of nitrogens with one attached hydrogen (secondary N) is 1. The molecule has 1 saturated heterocycles. The van der Waals surface area contributed by atoms with Crippen molar-refractivity contribution in [2.45, 2.75) is 56.5 Å². The van der Waals surface area contributed by atoms with E-state index in [1.54, 1.807) is 13.8 Å². The Morgan fingerprint density at radius 1 is 1.32 bits per heavy atom. The number of hydrogen-bond acceptors (Lipinski definition) is 3. The largest absolute Gasteiger partial charge is 0.351 e. The van der Waals surface area contributed by atoms with Crippen LogP contribution in [0.4, 0.5) is 4.39 Å². The van der Waals surface area contributed by atoms with Gasteiger partial charge in [-0.25, -0.2) is 17.1 Å². The van der Waals surface area contributed by atoms with Gasteiger partial charge in [-0.3, -0.25) is 4.79 Å². The second-order valence-electron chi connectivity index (χ2n) is 5.71. The zero-order valence-corrected chi connectivity index (χ0v) is 12.2. The quantitative estimate of drug-likeness (QED) is 0.834.